The Morgan fingerprint density at radius 2 is 2.04 bits per heavy atom. The Balaban J connectivity index is 1.51. The maximum absolute atomic E-state index is 11.7. The number of amides is 1. The number of carbonyl (C=O) groups is 1. The first kappa shape index (κ1) is 15.8. The summed E-state index contributed by atoms with van der Waals surface area (Å²) in [6.07, 6.45) is 4.33. The highest BCUT2D eigenvalue weighted by Gasteiger charge is 2.48. The number of nitrogens with zero attached hydrogens (tertiary/aromatic N) is 2. The quantitative estimate of drug-likeness (QED) is 0.851. The summed E-state index contributed by atoms with van der Waals surface area (Å²) in [5, 5.41) is 0. The lowest BCUT2D eigenvalue weighted by atomic mass is 10.0. The van der Waals surface area contributed by atoms with Crippen LogP contribution in [0.5, 0.6) is 5.75 Å². The van der Waals surface area contributed by atoms with Gasteiger partial charge >= 0.3 is 6.09 Å². The average molecular weight is 330 g/mol. The predicted octanol–water partition coefficient (Wildman–Crippen LogP) is 2.60. The summed E-state index contributed by atoms with van der Waals surface area (Å²) in [6.45, 7) is 6.07. The van der Waals surface area contributed by atoms with E-state index in [-0.39, 0.29) is 11.7 Å². The van der Waals surface area contributed by atoms with Gasteiger partial charge in [-0.05, 0) is 43.4 Å². The molecule has 2 fully saturated rings. The van der Waals surface area contributed by atoms with Crippen molar-refractivity contribution in [3.63, 3.8) is 0 Å². The number of ether oxygens (including phenoxy) is 2. The summed E-state index contributed by atoms with van der Waals surface area (Å²) in [5.41, 5.74) is 3.89. The van der Waals surface area contributed by atoms with Crippen LogP contribution in [0.15, 0.2) is 12.1 Å². The molecule has 0 aromatic heterocycles. The molecule has 1 unspecified atom stereocenters. The van der Waals surface area contributed by atoms with Gasteiger partial charge in [0.05, 0.1) is 13.2 Å². The smallest absolute Gasteiger partial charge is 0.410 e. The molecule has 0 bridgehead atoms. The minimum Gasteiger partial charge on any atom is -0.494 e. The normalized spacial score (nSPS) is 26.2. The molecule has 1 atom stereocenters. The lowest BCUT2D eigenvalue weighted by molar-refractivity contribution is 0.0626. The van der Waals surface area contributed by atoms with Gasteiger partial charge in [0.25, 0.3) is 0 Å². The summed E-state index contributed by atoms with van der Waals surface area (Å²) in [6, 6.07) is 4.58. The van der Waals surface area contributed by atoms with E-state index in [4.69, 9.17) is 9.47 Å². The Labute approximate surface area is 143 Å². The number of likely N-dealkylation sites (N-methyl/N-ethyl adjacent to an activating group) is 1. The molecule has 24 heavy (non-hydrogen) atoms. The van der Waals surface area contributed by atoms with E-state index in [1.165, 1.54) is 36.0 Å². The summed E-state index contributed by atoms with van der Waals surface area (Å²) in [5.74, 6) is 1.03. The van der Waals surface area contributed by atoms with Crippen molar-refractivity contribution in [1.29, 1.82) is 0 Å². The SMILES string of the molecule is CCOc1cc2c(cc1CN1CCC3(C1)CN(C)C(=O)O3)CCC2. The summed E-state index contributed by atoms with van der Waals surface area (Å²) < 4.78 is 11.6. The van der Waals surface area contributed by atoms with Gasteiger partial charge in [-0.2, -0.15) is 0 Å². The van der Waals surface area contributed by atoms with Crippen molar-refractivity contribution in [1.82, 2.24) is 9.80 Å². The monoisotopic (exact) mass is 330 g/mol. The van der Waals surface area contributed by atoms with Crippen LogP contribution in [-0.4, -0.2) is 54.8 Å². The number of likely N-dealkylation sites (tertiary alicyclic amines) is 1. The Kier molecular flexibility index (Phi) is 3.91. The van der Waals surface area contributed by atoms with Crippen LogP contribution in [-0.2, 0) is 24.1 Å². The highest BCUT2D eigenvalue weighted by molar-refractivity contribution is 5.70. The molecule has 2 aliphatic heterocycles. The maximum atomic E-state index is 11.7. The molecule has 0 radical (unpaired) electrons. The summed E-state index contributed by atoms with van der Waals surface area (Å²) >= 11 is 0. The molecule has 4 rings (SSSR count). The first-order valence-electron chi connectivity index (χ1n) is 9.02. The molecule has 5 heteroatoms. The van der Waals surface area contributed by atoms with Crippen LogP contribution in [0, 0.1) is 0 Å². The molecule has 3 aliphatic rings. The summed E-state index contributed by atoms with van der Waals surface area (Å²) in [7, 11) is 1.81. The van der Waals surface area contributed by atoms with Crippen molar-refractivity contribution in [3.8, 4) is 5.75 Å². The molecule has 1 aromatic carbocycles. The van der Waals surface area contributed by atoms with E-state index in [2.05, 4.69) is 17.0 Å². The van der Waals surface area contributed by atoms with E-state index >= 15 is 0 Å². The topological polar surface area (TPSA) is 42.0 Å². The number of fused-ring (bicyclic) bond motifs is 1. The second kappa shape index (κ2) is 5.96. The van der Waals surface area contributed by atoms with E-state index < -0.39 is 0 Å². The van der Waals surface area contributed by atoms with Gasteiger partial charge in [0.1, 0.15) is 11.4 Å². The van der Waals surface area contributed by atoms with Gasteiger partial charge in [0.2, 0.25) is 0 Å². The largest absolute Gasteiger partial charge is 0.494 e. The molecule has 1 aliphatic carbocycles. The molecular weight excluding hydrogens is 304 g/mol. The second-order valence-corrected chi connectivity index (χ2v) is 7.38. The van der Waals surface area contributed by atoms with Gasteiger partial charge < -0.3 is 14.4 Å². The number of aryl methyl sites for hydroxylation is 2. The molecule has 2 heterocycles. The third-order valence-corrected chi connectivity index (χ3v) is 5.50. The third-order valence-electron chi connectivity index (χ3n) is 5.50. The van der Waals surface area contributed by atoms with E-state index in [0.717, 1.165) is 31.8 Å². The van der Waals surface area contributed by atoms with Crippen molar-refractivity contribution in [2.75, 3.05) is 33.3 Å². The van der Waals surface area contributed by atoms with Crippen LogP contribution in [0.25, 0.3) is 0 Å². The molecular formula is C19H26N2O3. The van der Waals surface area contributed by atoms with Gasteiger partial charge in [0, 0.05) is 38.7 Å². The van der Waals surface area contributed by atoms with Gasteiger partial charge in [-0.1, -0.05) is 6.07 Å². The highest BCUT2D eigenvalue weighted by atomic mass is 16.6. The zero-order valence-electron chi connectivity index (χ0n) is 14.6. The fourth-order valence-corrected chi connectivity index (χ4v) is 4.37. The van der Waals surface area contributed by atoms with Gasteiger partial charge in [-0.3, -0.25) is 4.90 Å². The zero-order valence-corrected chi connectivity index (χ0v) is 14.6. The Hall–Kier alpha value is -1.75. The van der Waals surface area contributed by atoms with Gasteiger partial charge in [0.15, 0.2) is 0 Å². The fourth-order valence-electron chi connectivity index (χ4n) is 4.37. The van der Waals surface area contributed by atoms with Crippen LogP contribution in [0.2, 0.25) is 0 Å². The predicted molar refractivity (Wildman–Crippen MR) is 91.4 cm³/mol. The van der Waals surface area contributed by atoms with Crippen LogP contribution >= 0.6 is 0 Å². The third kappa shape index (κ3) is 2.75. The standard InChI is InChI=1S/C19H26N2O3/c1-3-23-17-10-15-6-4-5-14(15)9-16(17)11-21-8-7-19(13-21)12-20(2)18(22)24-19/h9-10H,3-8,11-13H2,1-2H3. The van der Waals surface area contributed by atoms with Crippen LogP contribution < -0.4 is 4.74 Å². The lowest BCUT2D eigenvalue weighted by Crippen LogP contribution is -2.37. The molecule has 130 valence electrons. The van der Waals surface area contributed by atoms with Crippen molar-refractivity contribution in [2.24, 2.45) is 0 Å². The van der Waals surface area contributed by atoms with Crippen LogP contribution in [0.4, 0.5) is 4.79 Å². The summed E-state index contributed by atoms with van der Waals surface area (Å²) in [4.78, 5) is 15.8. The Morgan fingerprint density at radius 3 is 2.75 bits per heavy atom. The molecule has 1 amide bonds. The molecule has 5 nitrogen and oxygen atoms in total. The Bertz CT molecular complexity index is 660. The van der Waals surface area contributed by atoms with E-state index in [9.17, 15) is 4.79 Å². The van der Waals surface area contributed by atoms with E-state index in [1.807, 2.05) is 14.0 Å². The molecule has 0 N–H and O–H groups in total. The lowest BCUT2D eigenvalue weighted by Gasteiger charge is -2.23. The minimum atomic E-state index is -0.311. The Morgan fingerprint density at radius 1 is 1.25 bits per heavy atom. The zero-order chi connectivity index (χ0) is 16.7. The van der Waals surface area contributed by atoms with Crippen LogP contribution in [0.3, 0.4) is 0 Å². The molecule has 0 saturated carbocycles. The number of benzene rings is 1. The first-order chi connectivity index (χ1) is 11.6. The number of rotatable bonds is 4. The van der Waals surface area contributed by atoms with Crippen molar-refractivity contribution in [3.05, 3.63) is 28.8 Å². The number of hydrogen-bond donors (Lipinski definition) is 0. The number of carbonyl (C=O) groups excluding carboxylic acids is 1. The minimum absolute atomic E-state index is 0.190. The van der Waals surface area contributed by atoms with E-state index in [0.29, 0.717) is 13.2 Å². The maximum Gasteiger partial charge on any atom is 0.410 e. The van der Waals surface area contributed by atoms with Crippen LogP contribution in [0.1, 0.15) is 36.5 Å². The molecule has 2 saturated heterocycles. The van der Waals surface area contributed by atoms with Crippen molar-refractivity contribution in [2.45, 2.75) is 44.8 Å². The molecule has 1 aromatic rings. The van der Waals surface area contributed by atoms with Gasteiger partial charge in [-0.15, -0.1) is 0 Å². The average Bonchev–Trinajstić information content (AvgIpc) is 3.21. The highest BCUT2D eigenvalue weighted by Crippen LogP contribution is 2.35. The second-order valence-electron chi connectivity index (χ2n) is 7.38. The fraction of sp³-hybridized carbons (Fsp3) is 0.632. The van der Waals surface area contributed by atoms with Crippen molar-refractivity contribution < 1.29 is 14.3 Å². The van der Waals surface area contributed by atoms with Crippen molar-refractivity contribution >= 4 is 6.09 Å². The number of hydrogen-bond acceptors (Lipinski definition) is 4. The van der Waals surface area contributed by atoms with E-state index in [1.54, 1.807) is 4.90 Å². The first-order valence-corrected chi connectivity index (χ1v) is 9.02. The van der Waals surface area contributed by atoms with Gasteiger partial charge in [-0.25, -0.2) is 4.79 Å². The molecule has 1 spiro atoms.